The van der Waals surface area contributed by atoms with Crippen LogP contribution in [0.2, 0.25) is 0 Å². The molecule has 318 valence electrons. The predicted molar refractivity (Wildman–Crippen MR) is 219 cm³/mol. The predicted octanol–water partition coefficient (Wildman–Crippen LogP) is 8.88. The van der Waals surface area contributed by atoms with E-state index in [-0.39, 0.29) is 26.1 Å². The van der Waals surface area contributed by atoms with Gasteiger partial charge in [-0.2, -0.15) is 0 Å². The van der Waals surface area contributed by atoms with Crippen molar-refractivity contribution in [1.82, 2.24) is 0 Å². The molecule has 10 nitrogen and oxygen atoms in total. The van der Waals surface area contributed by atoms with Gasteiger partial charge < -0.3 is 39.4 Å². The monoisotopic (exact) mass is 779 g/mol. The second kappa shape index (κ2) is 36.0. The quantitative estimate of drug-likeness (QED) is 0.0279. The van der Waals surface area contributed by atoms with E-state index in [1.165, 1.54) is 77.0 Å². The molecule has 0 spiro atoms. The number of rotatable bonds is 35. The highest BCUT2D eigenvalue weighted by Gasteiger charge is 2.44. The number of hydrogen-bond donors (Lipinski definition) is 4. The first-order chi connectivity index (χ1) is 26.8. The summed E-state index contributed by atoms with van der Waals surface area (Å²) in [6.45, 7) is 3.33. The summed E-state index contributed by atoms with van der Waals surface area (Å²) in [6.07, 6.45) is 34.1. The van der Waals surface area contributed by atoms with Gasteiger partial charge in [-0.25, -0.2) is 0 Å². The molecule has 1 rings (SSSR count). The Morgan fingerprint density at radius 1 is 0.564 bits per heavy atom. The van der Waals surface area contributed by atoms with Gasteiger partial charge in [0, 0.05) is 12.8 Å². The summed E-state index contributed by atoms with van der Waals surface area (Å²) in [6, 6.07) is 0. The van der Waals surface area contributed by atoms with E-state index in [9.17, 15) is 30.0 Å². The van der Waals surface area contributed by atoms with Crippen molar-refractivity contribution in [2.75, 3.05) is 19.8 Å². The number of aliphatic hydroxyl groups is 4. The number of unbranched alkanes of at least 4 members (excludes halogenated alkanes) is 16. The third-order valence-electron chi connectivity index (χ3n) is 9.69. The number of carbonyl (C=O) groups is 2. The van der Waals surface area contributed by atoms with Gasteiger partial charge in [0.2, 0.25) is 0 Å². The van der Waals surface area contributed by atoms with Crippen LogP contribution in [-0.2, 0) is 28.5 Å². The van der Waals surface area contributed by atoms with Crippen LogP contribution >= 0.6 is 0 Å². The molecule has 0 aromatic heterocycles. The first-order valence-electron chi connectivity index (χ1n) is 21.7. The highest BCUT2D eigenvalue weighted by molar-refractivity contribution is 5.70. The van der Waals surface area contributed by atoms with E-state index in [4.69, 9.17) is 18.9 Å². The molecule has 4 N–H and O–H groups in total. The van der Waals surface area contributed by atoms with Gasteiger partial charge >= 0.3 is 11.9 Å². The fourth-order valence-corrected chi connectivity index (χ4v) is 6.19. The van der Waals surface area contributed by atoms with Crippen molar-refractivity contribution >= 4 is 11.9 Å². The maximum atomic E-state index is 12.7. The number of ether oxygens (including phenoxy) is 4. The Hall–Kier alpha value is -2.34. The van der Waals surface area contributed by atoms with E-state index < -0.39 is 55.4 Å². The second-order valence-electron chi connectivity index (χ2n) is 14.8. The van der Waals surface area contributed by atoms with Crippen LogP contribution in [0.5, 0.6) is 0 Å². The van der Waals surface area contributed by atoms with Crippen LogP contribution in [0.15, 0.2) is 48.6 Å². The Morgan fingerprint density at radius 3 is 1.51 bits per heavy atom. The maximum absolute atomic E-state index is 12.7. The molecule has 0 aromatic carbocycles. The zero-order valence-electron chi connectivity index (χ0n) is 34.4. The van der Waals surface area contributed by atoms with Gasteiger partial charge in [0.15, 0.2) is 12.4 Å². The summed E-state index contributed by atoms with van der Waals surface area (Å²) in [4.78, 5) is 25.2. The molecule has 0 radical (unpaired) electrons. The average molecular weight is 779 g/mol. The fourth-order valence-electron chi connectivity index (χ4n) is 6.19. The molecule has 55 heavy (non-hydrogen) atoms. The van der Waals surface area contributed by atoms with Gasteiger partial charge in [-0.15, -0.1) is 0 Å². The molecule has 0 saturated carbocycles. The van der Waals surface area contributed by atoms with Gasteiger partial charge in [-0.1, -0.05) is 127 Å². The van der Waals surface area contributed by atoms with Crippen LogP contribution in [0.25, 0.3) is 0 Å². The minimum atomic E-state index is -1.61. The number of carbonyl (C=O) groups excluding carboxylic acids is 2. The standard InChI is InChI=1S/C45H78O10/c1-3-5-7-9-11-13-15-17-19-21-23-25-27-29-31-33-40(47)52-36-38(37-53-45-44(51)43(50)42(49)39(35-46)55-45)54-41(48)34-32-30-28-26-24-22-20-18-16-14-12-10-8-6-4-2/h17-20,23-26,38-39,42-46,49-51H,3-16,21-22,27-37H2,1-2H3/b19-17+,20-18+,25-23+,26-24+/t38-,39-,42+,43?,44?,45-/m0/s1. The number of esters is 2. The molecule has 0 aromatic rings. The lowest BCUT2D eigenvalue weighted by molar-refractivity contribution is -0.305. The summed E-state index contributed by atoms with van der Waals surface area (Å²) < 4.78 is 22.1. The summed E-state index contributed by atoms with van der Waals surface area (Å²) in [5.41, 5.74) is 0. The Labute approximate surface area is 333 Å². The van der Waals surface area contributed by atoms with Gasteiger partial charge in [-0.3, -0.25) is 9.59 Å². The fraction of sp³-hybridized carbons (Fsp3) is 0.778. The van der Waals surface area contributed by atoms with Crippen molar-refractivity contribution in [3.8, 4) is 0 Å². The van der Waals surface area contributed by atoms with Crippen LogP contribution in [0.1, 0.15) is 168 Å². The minimum Gasteiger partial charge on any atom is -0.462 e. The van der Waals surface area contributed by atoms with E-state index >= 15 is 0 Å². The van der Waals surface area contributed by atoms with Crippen LogP contribution in [0.4, 0.5) is 0 Å². The van der Waals surface area contributed by atoms with Crippen molar-refractivity contribution in [3.05, 3.63) is 48.6 Å². The van der Waals surface area contributed by atoms with Crippen molar-refractivity contribution in [2.24, 2.45) is 0 Å². The number of allylic oxidation sites excluding steroid dienone is 8. The highest BCUT2D eigenvalue weighted by atomic mass is 16.7. The Kier molecular flexibility index (Phi) is 33.2. The molecule has 1 heterocycles. The molecule has 10 heteroatoms. The molecule has 6 atom stereocenters. The lowest BCUT2D eigenvalue weighted by atomic mass is 9.99. The molecular formula is C45H78O10. The van der Waals surface area contributed by atoms with Crippen LogP contribution in [-0.4, -0.2) is 89.0 Å². The van der Waals surface area contributed by atoms with Gasteiger partial charge in [0.05, 0.1) is 13.2 Å². The summed E-state index contributed by atoms with van der Waals surface area (Å²) in [7, 11) is 0. The molecule has 0 amide bonds. The van der Waals surface area contributed by atoms with Crippen LogP contribution in [0, 0.1) is 0 Å². The smallest absolute Gasteiger partial charge is 0.306 e. The van der Waals surface area contributed by atoms with E-state index in [1.54, 1.807) is 0 Å². The van der Waals surface area contributed by atoms with E-state index in [1.807, 2.05) is 0 Å². The van der Waals surface area contributed by atoms with Crippen molar-refractivity contribution in [3.63, 3.8) is 0 Å². The molecule has 1 aliphatic heterocycles. The van der Waals surface area contributed by atoms with Crippen molar-refractivity contribution in [2.45, 2.75) is 205 Å². The normalized spacial score (nSPS) is 21.0. The highest BCUT2D eigenvalue weighted by Crippen LogP contribution is 2.22. The minimum absolute atomic E-state index is 0.179. The van der Waals surface area contributed by atoms with E-state index in [0.717, 1.165) is 51.4 Å². The third kappa shape index (κ3) is 27.8. The molecule has 0 aliphatic carbocycles. The number of aliphatic hydroxyl groups excluding tert-OH is 4. The summed E-state index contributed by atoms with van der Waals surface area (Å²) in [5.74, 6) is -0.886. The Bertz CT molecular complexity index is 1040. The van der Waals surface area contributed by atoms with Crippen LogP contribution < -0.4 is 0 Å². The Balaban J connectivity index is 2.41. The second-order valence-corrected chi connectivity index (χ2v) is 14.8. The topological polar surface area (TPSA) is 152 Å². The van der Waals surface area contributed by atoms with Gasteiger partial charge in [-0.05, 0) is 77.0 Å². The van der Waals surface area contributed by atoms with Crippen LogP contribution in [0.3, 0.4) is 0 Å². The molecular weight excluding hydrogens is 700 g/mol. The Morgan fingerprint density at radius 2 is 1.02 bits per heavy atom. The largest absolute Gasteiger partial charge is 0.462 e. The SMILES string of the molecule is CCCCCCCC/C=C/C/C=C/CCCCC(=O)OC[C@@H](CO[C@H]1O[C@@H](CO)[C@@H](O)C(O)C1O)OC(=O)CCCC/C=C/C/C=C/CCCCCCCC. The zero-order chi connectivity index (χ0) is 40.2. The number of hydrogen-bond acceptors (Lipinski definition) is 10. The van der Waals surface area contributed by atoms with Gasteiger partial charge in [0.25, 0.3) is 0 Å². The molecule has 2 unspecified atom stereocenters. The molecule has 1 saturated heterocycles. The molecule has 1 fully saturated rings. The summed E-state index contributed by atoms with van der Waals surface area (Å²) >= 11 is 0. The lowest BCUT2D eigenvalue weighted by Gasteiger charge is -2.39. The van der Waals surface area contributed by atoms with Crippen molar-refractivity contribution in [1.29, 1.82) is 0 Å². The zero-order valence-corrected chi connectivity index (χ0v) is 34.4. The first kappa shape index (κ1) is 50.7. The molecule has 0 bridgehead atoms. The van der Waals surface area contributed by atoms with E-state index in [0.29, 0.717) is 12.8 Å². The maximum Gasteiger partial charge on any atom is 0.306 e. The van der Waals surface area contributed by atoms with E-state index in [2.05, 4.69) is 62.5 Å². The molecule has 1 aliphatic rings. The lowest BCUT2D eigenvalue weighted by Crippen LogP contribution is -2.59. The van der Waals surface area contributed by atoms with Gasteiger partial charge in [0.1, 0.15) is 31.0 Å². The third-order valence-corrected chi connectivity index (χ3v) is 9.69. The summed E-state index contributed by atoms with van der Waals surface area (Å²) in [5, 5.41) is 40.0. The van der Waals surface area contributed by atoms with Crippen molar-refractivity contribution < 1.29 is 49.0 Å². The average Bonchev–Trinajstić information content (AvgIpc) is 3.18. The first-order valence-corrected chi connectivity index (χ1v) is 21.7.